The molecule has 1 N–H and O–H groups in total. The van der Waals surface area contributed by atoms with Gasteiger partial charge in [0.2, 0.25) is 0 Å². The number of ether oxygens (including phenoxy) is 1. The van der Waals surface area contributed by atoms with Crippen LogP contribution in [0.2, 0.25) is 0 Å². The molecule has 124 valence electrons. The molecule has 4 nitrogen and oxygen atoms in total. The van der Waals surface area contributed by atoms with E-state index in [1.165, 1.54) is 17.5 Å². The molecule has 0 atom stereocenters. The number of esters is 1. The van der Waals surface area contributed by atoms with Crippen LogP contribution in [0.15, 0.2) is 47.4 Å². The number of benzene rings is 2. The van der Waals surface area contributed by atoms with Gasteiger partial charge in [0, 0.05) is 10.6 Å². The number of rotatable bonds is 5. The highest BCUT2D eigenvalue weighted by Crippen LogP contribution is 2.24. The minimum Gasteiger partial charge on any atom is -0.452 e. The fourth-order valence-electron chi connectivity index (χ4n) is 2.79. The number of aryl methyl sites for hydroxylation is 2. The normalized spacial score (nSPS) is 12.5. The molecule has 2 aromatic carbocycles. The lowest BCUT2D eigenvalue weighted by Crippen LogP contribution is -2.21. The maximum absolute atomic E-state index is 12.0. The van der Waals surface area contributed by atoms with Crippen molar-refractivity contribution in [1.82, 2.24) is 0 Å². The molecule has 24 heavy (non-hydrogen) atoms. The molecule has 1 amide bonds. The molecule has 0 spiro atoms. The largest absolute Gasteiger partial charge is 0.452 e. The molecule has 0 aromatic heterocycles. The van der Waals surface area contributed by atoms with E-state index in [0.29, 0.717) is 5.56 Å². The van der Waals surface area contributed by atoms with E-state index in [9.17, 15) is 9.59 Å². The number of thioether (sulfide) groups is 1. The van der Waals surface area contributed by atoms with Gasteiger partial charge in [0.1, 0.15) is 0 Å². The van der Waals surface area contributed by atoms with Crippen molar-refractivity contribution in [3.63, 3.8) is 0 Å². The Balaban J connectivity index is 1.52. The van der Waals surface area contributed by atoms with Crippen LogP contribution >= 0.6 is 11.8 Å². The summed E-state index contributed by atoms with van der Waals surface area (Å²) in [6, 6.07) is 13.1. The second-order valence-electron chi connectivity index (χ2n) is 5.69. The summed E-state index contributed by atoms with van der Waals surface area (Å²) in [5, 5.41) is 2.78. The summed E-state index contributed by atoms with van der Waals surface area (Å²) < 4.78 is 5.07. The molecule has 0 heterocycles. The molecule has 0 radical (unpaired) electrons. The maximum atomic E-state index is 12.0. The van der Waals surface area contributed by atoms with Crippen LogP contribution in [-0.4, -0.2) is 24.7 Å². The van der Waals surface area contributed by atoms with Gasteiger partial charge in [0.15, 0.2) is 6.61 Å². The maximum Gasteiger partial charge on any atom is 0.338 e. The smallest absolute Gasteiger partial charge is 0.338 e. The SMILES string of the molecule is CSc1ccc(C(=O)OCC(=O)Nc2ccc3c(c2)CCC3)cc1. The number of hydrogen-bond donors (Lipinski definition) is 1. The van der Waals surface area contributed by atoms with Crippen LogP contribution in [0.25, 0.3) is 0 Å². The summed E-state index contributed by atoms with van der Waals surface area (Å²) in [6.45, 7) is -0.291. The van der Waals surface area contributed by atoms with Crippen molar-refractivity contribution in [1.29, 1.82) is 0 Å². The van der Waals surface area contributed by atoms with Gasteiger partial charge in [-0.15, -0.1) is 11.8 Å². The molecule has 0 bridgehead atoms. The fourth-order valence-corrected chi connectivity index (χ4v) is 3.20. The first-order valence-corrected chi connectivity index (χ1v) is 9.11. The second kappa shape index (κ2) is 7.53. The lowest BCUT2D eigenvalue weighted by Gasteiger charge is -2.08. The first-order chi connectivity index (χ1) is 11.7. The lowest BCUT2D eigenvalue weighted by molar-refractivity contribution is -0.119. The molecule has 0 aliphatic heterocycles. The van der Waals surface area contributed by atoms with Crippen molar-refractivity contribution in [2.24, 2.45) is 0 Å². The predicted molar refractivity (Wildman–Crippen MR) is 95.6 cm³/mol. The van der Waals surface area contributed by atoms with Crippen LogP contribution in [0.4, 0.5) is 5.69 Å². The third kappa shape index (κ3) is 3.97. The number of carbonyl (C=O) groups is 2. The van der Waals surface area contributed by atoms with Crippen molar-refractivity contribution in [3.8, 4) is 0 Å². The third-order valence-electron chi connectivity index (χ3n) is 4.04. The van der Waals surface area contributed by atoms with Crippen molar-refractivity contribution in [3.05, 3.63) is 59.2 Å². The molecule has 0 fully saturated rings. The van der Waals surface area contributed by atoms with E-state index in [4.69, 9.17) is 4.74 Å². The zero-order valence-corrected chi connectivity index (χ0v) is 14.3. The summed E-state index contributed by atoms with van der Waals surface area (Å²) in [6.07, 6.45) is 5.30. The highest BCUT2D eigenvalue weighted by molar-refractivity contribution is 7.98. The summed E-state index contributed by atoms with van der Waals surface area (Å²) in [7, 11) is 0. The number of fused-ring (bicyclic) bond motifs is 1. The Morgan fingerprint density at radius 3 is 2.58 bits per heavy atom. The Labute approximate surface area is 145 Å². The Bertz CT molecular complexity index is 756. The van der Waals surface area contributed by atoms with Crippen LogP contribution in [0, 0.1) is 0 Å². The molecule has 5 heteroatoms. The van der Waals surface area contributed by atoms with E-state index >= 15 is 0 Å². The monoisotopic (exact) mass is 341 g/mol. The number of anilines is 1. The third-order valence-corrected chi connectivity index (χ3v) is 4.79. The van der Waals surface area contributed by atoms with Crippen LogP contribution in [0.1, 0.15) is 27.9 Å². The van der Waals surface area contributed by atoms with Gasteiger partial charge in [-0.3, -0.25) is 4.79 Å². The van der Waals surface area contributed by atoms with Crippen molar-refractivity contribution in [2.75, 3.05) is 18.2 Å². The van der Waals surface area contributed by atoms with Crippen molar-refractivity contribution < 1.29 is 14.3 Å². The molecule has 1 aliphatic carbocycles. The van der Waals surface area contributed by atoms with E-state index in [1.54, 1.807) is 23.9 Å². The van der Waals surface area contributed by atoms with Gasteiger partial charge in [-0.05, 0) is 73.0 Å². The van der Waals surface area contributed by atoms with Crippen LogP contribution in [0.5, 0.6) is 0 Å². The number of amides is 1. The summed E-state index contributed by atoms with van der Waals surface area (Å²) in [5.74, 6) is -0.825. The van der Waals surface area contributed by atoms with E-state index in [2.05, 4.69) is 11.4 Å². The number of hydrogen-bond acceptors (Lipinski definition) is 4. The summed E-state index contributed by atoms with van der Waals surface area (Å²) in [5.41, 5.74) is 3.84. The van der Waals surface area contributed by atoms with Gasteiger partial charge in [-0.25, -0.2) is 4.79 Å². The van der Waals surface area contributed by atoms with Crippen LogP contribution < -0.4 is 5.32 Å². The van der Waals surface area contributed by atoms with Crippen molar-refractivity contribution >= 4 is 29.3 Å². The molecule has 0 unspecified atom stereocenters. The van der Waals surface area contributed by atoms with Crippen LogP contribution in [0.3, 0.4) is 0 Å². The summed E-state index contributed by atoms with van der Waals surface area (Å²) >= 11 is 1.60. The van der Waals surface area contributed by atoms with E-state index in [1.807, 2.05) is 30.5 Å². The zero-order valence-electron chi connectivity index (χ0n) is 13.5. The highest BCUT2D eigenvalue weighted by Gasteiger charge is 2.13. The highest BCUT2D eigenvalue weighted by atomic mass is 32.2. The molecule has 0 saturated heterocycles. The van der Waals surface area contributed by atoms with E-state index in [0.717, 1.165) is 23.4 Å². The van der Waals surface area contributed by atoms with Gasteiger partial charge in [0.25, 0.3) is 5.91 Å². The summed E-state index contributed by atoms with van der Waals surface area (Å²) in [4.78, 5) is 25.0. The van der Waals surface area contributed by atoms with Gasteiger partial charge >= 0.3 is 5.97 Å². The zero-order chi connectivity index (χ0) is 16.9. The topological polar surface area (TPSA) is 55.4 Å². The first-order valence-electron chi connectivity index (χ1n) is 7.88. The second-order valence-corrected chi connectivity index (χ2v) is 6.57. The first kappa shape index (κ1) is 16.6. The van der Waals surface area contributed by atoms with E-state index in [-0.39, 0.29) is 12.5 Å². The average molecular weight is 341 g/mol. The number of carbonyl (C=O) groups excluding carboxylic acids is 2. The standard InChI is InChI=1S/C19H19NO3S/c1-24-17-9-6-14(7-10-17)19(22)23-12-18(21)20-16-8-5-13-3-2-4-15(13)11-16/h5-11H,2-4,12H2,1H3,(H,20,21). The molecule has 3 rings (SSSR count). The van der Waals surface area contributed by atoms with Crippen LogP contribution in [-0.2, 0) is 22.4 Å². The Morgan fingerprint density at radius 2 is 1.83 bits per heavy atom. The molecule has 0 saturated carbocycles. The molecule has 2 aromatic rings. The fraction of sp³-hybridized carbons (Fsp3) is 0.263. The Morgan fingerprint density at radius 1 is 1.08 bits per heavy atom. The van der Waals surface area contributed by atoms with Gasteiger partial charge in [-0.2, -0.15) is 0 Å². The minimum atomic E-state index is -0.494. The molecular weight excluding hydrogens is 322 g/mol. The lowest BCUT2D eigenvalue weighted by atomic mass is 10.1. The van der Waals surface area contributed by atoms with Crippen molar-refractivity contribution in [2.45, 2.75) is 24.2 Å². The number of nitrogens with one attached hydrogen (secondary N) is 1. The Hall–Kier alpha value is -2.27. The Kier molecular flexibility index (Phi) is 5.20. The molecule has 1 aliphatic rings. The van der Waals surface area contributed by atoms with Gasteiger partial charge < -0.3 is 10.1 Å². The van der Waals surface area contributed by atoms with E-state index < -0.39 is 5.97 Å². The quantitative estimate of drug-likeness (QED) is 0.666. The van der Waals surface area contributed by atoms with Gasteiger partial charge in [-0.1, -0.05) is 6.07 Å². The predicted octanol–water partition coefficient (Wildman–Crippen LogP) is 3.69. The van der Waals surface area contributed by atoms with Gasteiger partial charge in [0.05, 0.1) is 5.56 Å². The average Bonchev–Trinajstić information content (AvgIpc) is 3.07. The molecular formula is C19H19NO3S. The minimum absolute atomic E-state index is 0.291.